The first-order valence-electron chi connectivity index (χ1n) is 8.49. The number of nitrogens with zero attached hydrogens (tertiary/aromatic N) is 1. The summed E-state index contributed by atoms with van der Waals surface area (Å²) < 4.78 is 0. The van der Waals surface area contributed by atoms with Crippen LogP contribution in [0.1, 0.15) is 40.5 Å². The summed E-state index contributed by atoms with van der Waals surface area (Å²) in [6.45, 7) is 3.72. The molecule has 0 radical (unpaired) electrons. The van der Waals surface area contributed by atoms with Gasteiger partial charge in [-0.15, -0.1) is 0 Å². The van der Waals surface area contributed by atoms with Crippen molar-refractivity contribution in [2.75, 3.05) is 18.4 Å². The second kappa shape index (κ2) is 7.70. The number of benzene rings is 2. The Hall–Kier alpha value is -2.33. The van der Waals surface area contributed by atoms with E-state index in [0.29, 0.717) is 27.8 Å². The van der Waals surface area contributed by atoms with E-state index in [1.165, 1.54) is 0 Å². The average Bonchev–Trinajstić information content (AvgIpc) is 2.63. The van der Waals surface area contributed by atoms with E-state index in [1.807, 2.05) is 4.90 Å². The standard InChI is InChI=1S/C20H21ClN2O2/c1-14-4-3-11-23(13-14)20(25)16-6-2-5-15(12-16)19(24)22-18-9-7-17(21)8-10-18/h2,5-10,12,14H,3-4,11,13H2,1H3,(H,22,24). The number of hydrogen-bond donors (Lipinski definition) is 1. The van der Waals surface area contributed by atoms with Gasteiger partial charge in [-0.2, -0.15) is 0 Å². The number of hydrogen-bond acceptors (Lipinski definition) is 2. The molecule has 2 aromatic rings. The lowest BCUT2D eigenvalue weighted by Crippen LogP contribution is -2.39. The molecule has 0 spiro atoms. The summed E-state index contributed by atoms with van der Waals surface area (Å²) in [7, 11) is 0. The number of halogens is 1. The Bertz CT molecular complexity index is 774. The third kappa shape index (κ3) is 4.40. The first kappa shape index (κ1) is 17.5. The molecule has 2 aromatic carbocycles. The number of piperidine rings is 1. The van der Waals surface area contributed by atoms with Crippen LogP contribution in [0.3, 0.4) is 0 Å². The molecule has 25 heavy (non-hydrogen) atoms. The van der Waals surface area contributed by atoms with Gasteiger partial charge in [0, 0.05) is 34.9 Å². The minimum atomic E-state index is -0.246. The number of nitrogens with one attached hydrogen (secondary N) is 1. The van der Waals surface area contributed by atoms with Gasteiger partial charge in [0.2, 0.25) is 0 Å². The molecule has 1 fully saturated rings. The fourth-order valence-corrected chi connectivity index (χ4v) is 3.21. The van der Waals surface area contributed by atoms with Gasteiger partial charge in [-0.1, -0.05) is 24.6 Å². The van der Waals surface area contributed by atoms with Crippen molar-refractivity contribution < 1.29 is 9.59 Å². The number of likely N-dealkylation sites (tertiary alicyclic amines) is 1. The SMILES string of the molecule is CC1CCCN(C(=O)c2cccc(C(=O)Nc3ccc(Cl)cc3)c2)C1. The van der Waals surface area contributed by atoms with E-state index in [-0.39, 0.29) is 11.8 Å². The second-order valence-electron chi connectivity index (χ2n) is 6.54. The maximum atomic E-state index is 12.7. The number of anilines is 1. The van der Waals surface area contributed by atoms with E-state index >= 15 is 0 Å². The summed E-state index contributed by atoms with van der Waals surface area (Å²) in [4.78, 5) is 27.0. The Kier molecular flexibility index (Phi) is 5.39. The maximum Gasteiger partial charge on any atom is 0.255 e. The molecule has 0 saturated carbocycles. The van der Waals surface area contributed by atoms with E-state index < -0.39 is 0 Å². The Morgan fingerprint density at radius 2 is 1.84 bits per heavy atom. The molecule has 4 nitrogen and oxygen atoms in total. The minimum absolute atomic E-state index is 0.00677. The molecule has 5 heteroatoms. The minimum Gasteiger partial charge on any atom is -0.338 e. The largest absolute Gasteiger partial charge is 0.338 e. The highest BCUT2D eigenvalue weighted by Gasteiger charge is 2.22. The Morgan fingerprint density at radius 3 is 2.56 bits per heavy atom. The van der Waals surface area contributed by atoms with Gasteiger partial charge in [0.15, 0.2) is 0 Å². The summed E-state index contributed by atoms with van der Waals surface area (Å²) in [6, 6.07) is 13.8. The van der Waals surface area contributed by atoms with Crippen molar-refractivity contribution in [1.82, 2.24) is 4.90 Å². The van der Waals surface area contributed by atoms with Crippen molar-refractivity contribution in [1.29, 1.82) is 0 Å². The predicted octanol–water partition coefficient (Wildman–Crippen LogP) is 4.46. The van der Waals surface area contributed by atoms with Gasteiger partial charge < -0.3 is 10.2 Å². The van der Waals surface area contributed by atoms with Gasteiger partial charge >= 0.3 is 0 Å². The van der Waals surface area contributed by atoms with Gasteiger partial charge in [-0.05, 0) is 61.2 Å². The first-order chi connectivity index (χ1) is 12.0. The highest BCUT2D eigenvalue weighted by molar-refractivity contribution is 6.30. The highest BCUT2D eigenvalue weighted by atomic mass is 35.5. The van der Waals surface area contributed by atoms with Crippen LogP contribution in [0.25, 0.3) is 0 Å². The van der Waals surface area contributed by atoms with Crippen molar-refractivity contribution in [2.24, 2.45) is 5.92 Å². The van der Waals surface area contributed by atoms with E-state index in [9.17, 15) is 9.59 Å². The lowest BCUT2D eigenvalue weighted by atomic mass is 9.99. The lowest BCUT2D eigenvalue weighted by molar-refractivity contribution is 0.0683. The zero-order valence-corrected chi connectivity index (χ0v) is 14.9. The van der Waals surface area contributed by atoms with E-state index in [2.05, 4.69) is 12.2 Å². The predicted molar refractivity (Wildman–Crippen MR) is 100 cm³/mol. The van der Waals surface area contributed by atoms with Crippen LogP contribution in [0.2, 0.25) is 5.02 Å². The first-order valence-corrected chi connectivity index (χ1v) is 8.87. The van der Waals surface area contributed by atoms with Crippen LogP contribution in [0.5, 0.6) is 0 Å². The molecular formula is C20H21ClN2O2. The molecule has 1 N–H and O–H groups in total. The van der Waals surface area contributed by atoms with Gasteiger partial charge in [0.05, 0.1) is 0 Å². The highest BCUT2D eigenvalue weighted by Crippen LogP contribution is 2.19. The van der Waals surface area contributed by atoms with Gasteiger partial charge in [0.25, 0.3) is 11.8 Å². The molecule has 130 valence electrons. The lowest BCUT2D eigenvalue weighted by Gasteiger charge is -2.31. The third-order valence-electron chi connectivity index (χ3n) is 4.42. The van der Waals surface area contributed by atoms with Crippen LogP contribution in [-0.2, 0) is 0 Å². The molecule has 0 bridgehead atoms. The third-order valence-corrected chi connectivity index (χ3v) is 4.67. The second-order valence-corrected chi connectivity index (χ2v) is 6.98. The molecule has 1 aliphatic rings. The molecule has 1 saturated heterocycles. The van der Waals surface area contributed by atoms with E-state index in [1.54, 1.807) is 48.5 Å². The van der Waals surface area contributed by atoms with Crippen molar-refractivity contribution >= 4 is 29.1 Å². The van der Waals surface area contributed by atoms with Crippen LogP contribution in [0.15, 0.2) is 48.5 Å². The van der Waals surface area contributed by atoms with Crippen molar-refractivity contribution in [3.8, 4) is 0 Å². The molecule has 1 heterocycles. The van der Waals surface area contributed by atoms with Crippen molar-refractivity contribution in [2.45, 2.75) is 19.8 Å². The fraction of sp³-hybridized carbons (Fsp3) is 0.300. The number of carbonyl (C=O) groups excluding carboxylic acids is 2. The number of carbonyl (C=O) groups is 2. The van der Waals surface area contributed by atoms with Gasteiger partial charge in [0.1, 0.15) is 0 Å². The Balaban J connectivity index is 1.73. The zero-order valence-electron chi connectivity index (χ0n) is 14.2. The maximum absolute atomic E-state index is 12.7. The summed E-state index contributed by atoms with van der Waals surface area (Å²) in [5.74, 6) is 0.269. The Morgan fingerprint density at radius 1 is 1.12 bits per heavy atom. The van der Waals surface area contributed by atoms with Crippen LogP contribution in [0.4, 0.5) is 5.69 Å². The van der Waals surface area contributed by atoms with Crippen LogP contribution in [0, 0.1) is 5.92 Å². The smallest absolute Gasteiger partial charge is 0.255 e. The number of rotatable bonds is 3. The number of amides is 2. The van der Waals surface area contributed by atoms with Crippen LogP contribution < -0.4 is 5.32 Å². The molecule has 1 atom stereocenters. The normalized spacial score (nSPS) is 17.2. The molecule has 0 aromatic heterocycles. The van der Waals surface area contributed by atoms with Gasteiger partial charge in [-0.3, -0.25) is 9.59 Å². The molecule has 1 aliphatic heterocycles. The molecule has 3 rings (SSSR count). The fourth-order valence-electron chi connectivity index (χ4n) is 3.09. The molecule has 2 amide bonds. The quantitative estimate of drug-likeness (QED) is 0.882. The topological polar surface area (TPSA) is 49.4 Å². The average molecular weight is 357 g/mol. The van der Waals surface area contributed by atoms with E-state index in [0.717, 1.165) is 25.9 Å². The van der Waals surface area contributed by atoms with Crippen molar-refractivity contribution in [3.05, 3.63) is 64.7 Å². The monoisotopic (exact) mass is 356 g/mol. The Labute approximate surface area is 152 Å². The summed E-state index contributed by atoms with van der Waals surface area (Å²) in [5.41, 5.74) is 1.68. The van der Waals surface area contributed by atoms with E-state index in [4.69, 9.17) is 11.6 Å². The van der Waals surface area contributed by atoms with Crippen molar-refractivity contribution in [3.63, 3.8) is 0 Å². The molecule has 1 unspecified atom stereocenters. The molecular weight excluding hydrogens is 336 g/mol. The van der Waals surface area contributed by atoms with Crippen LogP contribution >= 0.6 is 11.6 Å². The van der Waals surface area contributed by atoms with Crippen LogP contribution in [-0.4, -0.2) is 29.8 Å². The zero-order chi connectivity index (χ0) is 17.8. The molecule has 0 aliphatic carbocycles. The summed E-state index contributed by atoms with van der Waals surface area (Å²) >= 11 is 5.85. The summed E-state index contributed by atoms with van der Waals surface area (Å²) in [6.07, 6.45) is 2.19. The van der Waals surface area contributed by atoms with Gasteiger partial charge in [-0.25, -0.2) is 0 Å². The summed E-state index contributed by atoms with van der Waals surface area (Å²) in [5, 5.41) is 3.43.